The van der Waals surface area contributed by atoms with Gasteiger partial charge in [0, 0.05) is 34.4 Å². The number of nitrogens with one attached hydrogen (secondary N) is 1. The molecule has 0 spiro atoms. The molecule has 3 aromatic heterocycles. The van der Waals surface area contributed by atoms with E-state index >= 15 is 0 Å². The highest BCUT2D eigenvalue weighted by atomic mass is 16.3. The number of rotatable bonds is 4. The highest BCUT2D eigenvalue weighted by Crippen LogP contribution is 2.36. The van der Waals surface area contributed by atoms with Crippen molar-refractivity contribution in [1.82, 2.24) is 25.1 Å². The number of pyridine rings is 2. The standard InChI is InChI=1S/C30H35N5O/c1-29(2,36)26-9-8-23(18-31-26)27-25-17-24(19-32-28(25)34-33-27)21-7-6-20-10-12-30(3,13-11-22(20)16-21)35-14-4-5-15-35/h6-9,16-19,36H,4-5,10-15H2,1-3H3,(H,32,33,34). The molecule has 0 radical (unpaired) electrons. The number of hydrogen-bond donors (Lipinski definition) is 2. The summed E-state index contributed by atoms with van der Waals surface area (Å²) in [6.07, 6.45) is 11.1. The molecule has 1 unspecified atom stereocenters. The van der Waals surface area contributed by atoms with Crippen molar-refractivity contribution < 1.29 is 5.11 Å². The third kappa shape index (κ3) is 4.22. The fraction of sp³-hybridized carbons (Fsp3) is 0.433. The molecule has 6 nitrogen and oxygen atoms in total. The molecule has 0 bridgehead atoms. The number of likely N-dealkylation sites (tertiary alicyclic amines) is 1. The van der Waals surface area contributed by atoms with Crippen LogP contribution in [-0.2, 0) is 18.4 Å². The molecule has 1 aromatic carbocycles. The number of benzene rings is 1. The van der Waals surface area contributed by atoms with Gasteiger partial charge in [-0.2, -0.15) is 5.10 Å². The molecule has 186 valence electrons. The predicted octanol–water partition coefficient (Wildman–Crippen LogP) is 5.65. The minimum Gasteiger partial charge on any atom is -0.384 e. The van der Waals surface area contributed by atoms with E-state index in [0.717, 1.165) is 35.0 Å². The highest BCUT2D eigenvalue weighted by Gasteiger charge is 2.34. The van der Waals surface area contributed by atoms with Gasteiger partial charge in [0.25, 0.3) is 0 Å². The fourth-order valence-electron chi connectivity index (χ4n) is 5.97. The third-order valence-corrected chi connectivity index (χ3v) is 8.36. The Morgan fingerprint density at radius 2 is 1.61 bits per heavy atom. The molecule has 36 heavy (non-hydrogen) atoms. The Balaban J connectivity index is 1.30. The monoisotopic (exact) mass is 481 g/mol. The maximum absolute atomic E-state index is 10.2. The first kappa shape index (κ1) is 23.3. The molecule has 4 aromatic rings. The number of aromatic amines is 1. The zero-order chi connectivity index (χ0) is 24.9. The molecule has 0 saturated carbocycles. The summed E-state index contributed by atoms with van der Waals surface area (Å²) in [7, 11) is 0. The van der Waals surface area contributed by atoms with Gasteiger partial charge in [0.15, 0.2) is 5.65 Å². The zero-order valence-electron chi connectivity index (χ0n) is 21.5. The lowest BCUT2D eigenvalue weighted by atomic mass is 9.90. The van der Waals surface area contributed by atoms with Gasteiger partial charge in [0.1, 0.15) is 5.60 Å². The number of H-pyrrole nitrogens is 1. The quantitative estimate of drug-likeness (QED) is 0.369. The molecular formula is C30H35N5O. The van der Waals surface area contributed by atoms with Gasteiger partial charge < -0.3 is 5.11 Å². The number of fused-ring (bicyclic) bond motifs is 2. The molecule has 4 heterocycles. The van der Waals surface area contributed by atoms with Crippen LogP contribution in [0.15, 0.2) is 48.8 Å². The van der Waals surface area contributed by atoms with Gasteiger partial charge in [-0.15, -0.1) is 0 Å². The summed E-state index contributed by atoms with van der Waals surface area (Å²) in [4.78, 5) is 11.9. The third-order valence-electron chi connectivity index (χ3n) is 8.36. The maximum Gasteiger partial charge on any atom is 0.181 e. The van der Waals surface area contributed by atoms with E-state index in [4.69, 9.17) is 0 Å². The first-order valence-electron chi connectivity index (χ1n) is 13.2. The van der Waals surface area contributed by atoms with Crippen LogP contribution in [-0.4, -0.2) is 48.8 Å². The van der Waals surface area contributed by atoms with E-state index in [1.165, 1.54) is 55.5 Å². The molecule has 1 aliphatic carbocycles. The van der Waals surface area contributed by atoms with Gasteiger partial charge in [-0.3, -0.25) is 15.0 Å². The van der Waals surface area contributed by atoms with Gasteiger partial charge >= 0.3 is 0 Å². The number of aliphatic hydroxyl groups is 1. The lowest BCUT2D eigenvalue weighted by Crippen LogP contribution is -2.44. The summed E-state index contributed by atoms with van der Waals surface area (Å²) in [5.41, 5.74) is 7.77. The van der Waals surface area contributed by atoms with Crippen molar-refractivity contribution in [2.75, 3.05) is 13.1 Å². The number of hydrogen-bond acceptors (Lipinski definition) is 5. The van der Waals surface area contributed by atoms with Crippen molar-refractivity contribution in [3.63, 3.8) is 0 Å². The highest BCUT2D eigenvalue weighted by molar-refractivity contribution is 5.93. The van der Waals surface area contributed by atoms with Crippen LogP contribution >= 0.6 is 0 Å². The Bertz CT molecular complexity index is 1400. The second kappa shape index (κ2) is 8.79. The number of nitrogens with zero attached hydrogens (tertiary/aromatic N) is 4. The Labute approximate surface area is 212 Å². The summed E-state index contributed by atoms with van der Waals surface area (Å²) in [6.45, 7) is 8.47. The van der Waals surface area contributed by atoms with Gasteiger partial charge in [0.2, 0.25) is 0 Å². The van der Waals surface area contributed by atoms with Crippen LogP contribution in [0.1, 0.15) is 63.3 Å². The van der Waals surface area contributed by atoms with Gasteiger partial charge in [0.05, 0.1) is 11.4 Å². The summed E-state index contributed by atoms with van der Waals surface area (Å²) in [5.74, 6) is 0. The van der Waals surface area contributed by atoms with Crippen LogP contribution in [0.25, 0.3) is 33.4 Å². The predicted molar refractivity (Wildman–Crippen MR) is 144 cm³/mol. The van der Waals surface area contributed by atoms with Crippen LogP contribution in [0.5, 0.6) is 0 Å². The smallest absolute Gasteiger partial charge is 0.181 e. The molecule has 1 saturated heterocycles. The topological polar surface area (TPSA) is 77.9 Å². The van der Waals surface area contributed by atoms with E-state index in [9.17, 15) is 5.11 Å². The van der Waals surface area contributed by atoms with Crippen LogP contribution in [0.4, 0.5) is 0 Å². The van der Waals surface area contributed by atoms with Crippen molar-refractivity contribution in [3.8, 4) is 22.4 Å². The van der Waals surface area contributed by atoms with E-state index in [-0.39, 0.29) is 0 Å². The fourth-order valence-corrected chi connectivity index (χ4v) is 5.97. The lowest BCUT2D eigenvalue weighted by Gasteiger charge is -2.38. The Kier molecular flexibility index (Phi) is 5.69. The van der Waals surface area contributed by atoms with Crippen LogP contribution < -0.4 is 0 Å². The van der Waals surface area contributed by atoms with Crippen molar-refractivity contribution >= 4 is 11.0 Å². The molecule has 2 aliphatic rings. The van der Waals surface area contributed by atoms with Gasteiger partial charge in [-0.25, -0.2) is 4.98 Å². The molecular weight excluding hydrogens is 446 g/mol. The first-order valence-corrected chi connectivity index (χ1v) is 13.2. The van der Waals surface area contributed by atoms with E-state index in [0.29, 0.717) is 16.9 Å². The maximum atomic E-state index is 10.2. The molecule has 1 atom stereocenters. The zero-order valence-corrected chi connectivity index (χ0v) is 21.5. The van der Waals surface area contributed by atoms with E-state index in [1.54, 1.807) is 20.0 Å². The number of aromatic nitrogens is 4. The molecule has 2 N–H and O–H groups in total. The van der Waals surface area contributed by atoms with Crippen LogP contribution in [0, 0.1) is 0 Å². The minimum atomic E-state index is -0.972. The first-order chi connectivity index (χ1) is 17.3. The molecule has 0 amide bonds. The Morgan fingerprint density at radius 1 is 0.889 bits per heavy atom. The summed E-state index contributed by atoms with van der Waals surface area (Å²) in [5, 5.41) is 18.8. The summed E-state index contributed by atoms with van der Waals surface area (Å²) >= 11 is 0. The summed E-state index contributed by atoms with van der Waals surface area (Å²) < 4.78 is 0. The normalized spacial score (nSPS) is 21.0. The average molecular weight is 482 g/mol. The summed E-state index contributed by atoms with van der Waals surface area (Å²) in [6, 6.07) is 13.0. The largest absolute Gasteiger partial charge is 0.384 e. The van der Waals surface area contributed by atoms with E-state index < -0.39 is 5.60 Å². The second-order valence-corrected chi connectivity index (χ2v) is 11.4. The van der Waals surface area contributed by atoms with Gasteiger partial charge in [-0.1, -0.05) is 18.2 Å². The van der Waals surface area contributed by atoms with E-state index in [1.807, 2.05) is 18.3 Å². The average Bonchev–Trinajstić information content (AvgIpc) is 3.53. The van der Waals surface area contributed by atoms with Crippen molar-refractivity contribution in [2.45, 2.75) is 70.4 Å². The Hall–Kier alpha value is -3.09. The molecule has 6 rings (SSSR count). The lowest BCUT2D eigenvalue weighted by molar-refractivity contribution is 0.0739. The molecule has 6 heteroatoms. The van der Waals surface area contributed by atoms with Crippen molar-refractivity contribution in [3.05, 3.63) is 65.6 Å². The van der Waals surface area contributed by atoms with E-state index in [2.05, 4.69) is 56.3 Å². The van der Waals surface area contributed by atoms with Crippen molar-refractivity contribution in [2.24, 2.45) is 0 Å². The Morgan fingerprint density at radius 3 is 2.33 bits per heavy atom. The molecule has 1 fully saturated rings. The van der Waals surface area contributed by atoms with Gasteiger partial charge in [-0.05, 0) is 107 Å². The van der Waals surface area contributed by atoms with Crippen LogP contribution in [0.2, 0.25) is 0 Å². The van der Waals surface area contributed by atoms with Crippen molar-refractivity contribution in [1.29, 1.82) is 0 Å². The SMILES string of the molecule is CC(C)(O)c1ccc(-c2[nH]nc3ncc(-c4ccc5c(c4)CCC(C)(N4CCCC4)CC5)cc23)cn1. The second-order valence-electron chi connectivity index (χ2n) is 11.4. The molecule has 1 aliphatic heterocycles. The van der Waals surface area contributed by atoms with Crippen LogP contribution in [0.3, 0.4) is 0 Å². The number of aryl methyl sites for hydroxylation is 2. The minimum absolute atomic E-state index is 0.316.